The van der Waals surface area contributed by atoms with Gasteiger partial charge < -0.3 is 20.4 Å². The Hall–Kier alpha value is -2.95. The summed E-state index contributed by atoms with van der Waals surface area (Å²) in [5.74, 6) is 1.05. The quantitative estimate of drug-likeness (QED) is 0.592. The second-order valence-electron chi connectivity index (χ2n) is 7.99. The highest BCUT2D eigenvalue weighted by Crippen LogP contribution is 2.45. The van der Waals surface area contributed by atoms with E-state index < -0.39 is 0 Å². The van der Waals surface area contributed by atoms with Gasteiger partial charge in [-0.05, 0) is 67.6 Å². The fourth-order valence-electron chi connectivity index (χ4n) is 4.28. The summed E-state index contributed by atoms with van der Waals surface area (Å²) in [5.41, 5.74) is 14.2. The first-order valence-electron chi connectivity index (χ1n) is 10.4. The molecule has 1 aliphatic heterocycles. The topological polar surface area (TPSA) is 65.1 Å². The summed E-state index contributed by atoms with van der Waals surface area (Å²) in [7, 11) is 0. The first-order valence-corrected chi connectivity index (χ1v) is 10.4. The van der Waals surface area contributed by atoms with E-state index in [-0.39, 0.29) is 5.60 Å². The van der Waals surface area contributed by atoms with Crippen molar-refractivity contribution in [2.24, 2.45) is 0 Å². The van der Waals surface area contributed by atoms with Crippen molar-refractivity contribution in [3.63, 3.8) is 0 Å². The molecule has 0 amide bonds. The van der Waals surface area contributed by atoms with Gasteiger partial charge in [0.05, 0.1) is 12.9 Å². The van der Waals surface area contributed by atoms with Gasteiger partial charge in [-0.15, -0.1) is 0 Å². The van der Waals surface area contributed by atoms with Gasteiger partial charge in [-0.3, -0.25) is 0 Å². The lowest BCUT2D eigenvalue weighted by atomic mass is 9.88. The summed E-state index contributed by atoms with van der Waals surface area (Å²) in [6.45, 7) is 9.35. The van der Waals surface area contributed by atoms with Gasteiger partial charge in [0, 0.05) is 41.4 Å². The Balaban J connectivity index is 1.54. The summed E-state index contributed by atoms with van der Waals surface area (Å²) < 4.78 is 8.62. The van der Waals surface area contributed by atoms with Crippen LogP contribution in [0.3, 0.4) is 0 Å². The average molecular weight is 391 g/mol. The molecular formula is C24H30N4O. The molecule has 4 rings (SSSR count). The largest absolute Gasteiger partial charge is 0.485 e. The van der Waals surface area contributed by atoms with Gasteiger partial charge >= 0.3 is 0 Å². The number of ether oxygens (including phenoxy) is 1. The Kier molecular flexibility index (Phi) is 4.99. The van der Waals surface area contributed by atoms with Gasteiger partial charge in [0.1, 0.15) is 11.4 Å². The van der Waals surface area contributed by atoms with Crippen LogP contribution < -0.4 is 15.8 Å². The molecular weight excluding hydrogens is 360 g/mol. The van der Waals surface area contributed by atoms with Crippen LogP contribution in [0, 0.1) is 13.8 Å². The number of nitrogens with one attached hydrogen (secondary N) is 1. The number of hydrogen-bond acceptors (Lipinski definition) is 4. The Morgan fingerprint density at radius 3 is 2.55 bits per heavy atom. The normalized spacial score (nSPS) is 17.8. The number of nitrogens with zero attached hydrogens (tertiary/aromatic N) is 2. The molecule has 1 aromatic heterocycles. The van der Waals surface area contributed by atoms with Gasteiger partial charge in [-0.2, -0.15) is 0 Å². The maximum absolute atomic E-state index is 6.63. The fourth-order valence-corrected chi connectivity index (χ4v) is 4.28. The minimum atomic E-state index is -0.250. The zero-order valence-corrected chi connectivity index (χ0v) is 17.7. The van der Waals surface area contributed by atoms with Crippen LogP contribution in [-0.4, -0.2) is 21.7 Å². The Morgan fingerprint density at radius 1 is 1.17 bits per heavy atom. The number of benzene rings is 2. The standard InChI is InChI=1S/C24H30N4O/c1-5-20-21-13-24(6-2,29-23(21)17(4)16(3)22(20)25)14-27-18-7-9-19(10-8-18)28-12-11-26-15-28/h7-12,15,27H,5-6,13-14,25H2,1-4H3. The zero-order valence-electron chi connectivity index (χ0n) is 17.7. The van der Waals surface area contributed by atoms with E-state index in [1.807, 2.05) is 10.8 Å². The van der Waals surface area contributed by atoms with Crippen LogP contribution in [0.25, 0.3) is 5.69 Å². The molecule has 0 aliphatic carbocycles. The number of nitrogens with two attached hydrogens (primary N) is 1. The molecule has 3 N–H and O–H groups in total. The molecule has 0 spiro atoms. The molecule has 0 fully saturated rings. The molecule has 0 saturated carbocycles. The van der Waals surface area contributed by atoms with E-state index in [0.717, 1.165) is 54.2 Å². The molecule has 2 heterocycles. The van der Waals surface area contributed by atoms with E-state index in [9.17, 15) is 0 Å². The van der Waals surface area contributed by atoms with Gasteiger partial charge in [-0.1, -0.05) is 13.8 Å². The lowest BCUT2D eigenvalue weighted by molar-refractivity contribution is 0.103. The lowest BCUT2D eigenvalue weighted by Gasteiger charge is -2.28. The van der Waals surface area contributed by atoms with Crippen molar-refractivity contribution in [2.75, 3.05) is 17.6 Å². The summed E-state index contributed by atoms with van der Waals surface area (Å²) in [5, 5.41) is 3.59. The van der Waals surface area contributed by atoms with Gasteiger partial charge in [0.15, 0.2) is 0 Å². The van der Waals surface area contributed by atoms with Crippen molar-refractivity contribution in [2.45, 2.75) is 52.6 Å². The first-order chi connectivity index (χ1) is 14.0. The monoisotopic (exact) mass is 390 g/mol. The van der Waals surface area contributed by atoms with Crippen LogP contribution >= 0.6 is 0 Å². The molecule has 0 saturated heterocycles. The van der Waals surface area contributed by atoms with E-state index in [2.05, 4.69) is 62.3 Å². The van der Waals surface area contributed by atoms with Crippen molar-refractivity contribution < 1.29 is 4.74 Å². The minimum Gasteiger partial charge on any atom is -0.485 e. The number of rotatable bonds is 6. The number of aromatic nitrogens is 2. The number of nitrogen functional groups attached to an aromatic ring is 1. The average Bonchev–Trinajstić information content (AvgIpc) is 3.41. The van der Waals surface area contributed by atoms with Crippen molar-refractivity contribution in [3.05, 3.63) is 65.2 Å². The molecule has 5 nitrogen and oxygen atoms in total. The predicted octanol–water partition coefficient (Wildman–Crippen LogP) is 4.83. The third-order valence-corrected chi connectivity index (χ3v) is 6.37. The van der Waals surface area contributed by atoms with Gasteiger partial charge in [0.25, 0.3) is 0 Å². The van der Waals surface area contributed by atoms with E-state index in [1.165, 1.54) is 16.7 Å². The highest BCUT2D eigenvalue weighted by atomic mass is 16.5. The molecule has 3 aromatic rings. The summed E-state index contributed by atoms with van der Waals surface area (Å²) >= 11 is 0. The zero-order chi connectivity index (χ0) is 20.6. The van der Waals surface area contributed by atoms with E-state index in [4.69, 9.17) is 10.5 Å². The van der Waals surface area contributed by atoms with E-state index in [0.29, 0.717) is 0 Å². The summed E-state index contributed by atoms with van der Waals surface area (Å²) in [6, 6.07) is 8.39. The minimum absolute atomic E-state index is 0.250. The predicted molar refractivity (Wildman–Crippen MR) is 119 cm³/mol. The van der Waals surface area contributed by atoms with Crippen molar-refractivity contribution in [3.8, 4) is 11.4 Å². The maximum Gasteiger partial charge on any atom is 0.130 e. The molecule has 1 atom stereocenters. The third-order valence-electron chi connectivity index (χ3n) is 6.37. The van der Waals surface area contributed by atoms with Crippen LogP contribution in [0.4, 0.5) is 11.4 Å². The Morgan fingerprint density at radius 2 is 1.93 bits per heavy atom. The van der Waals surface area contributed by atoms with Crippen molar-refractivity contribution in [1.82, 2.24) is 9.55 Å². The fraction of sp³-hybridized carbons (Fsp3) is 0.375. The second kappa shape index (κ2) is 7.47. The molecule has 5 heteroatoms. The molecule has 1 aliphatic rings. The first kappa shape index (κ1) is 19.4. The lowest BCUT2D eigenvalue weighted by Crippen LogP contribution is -2.41. The van der Waals surface area contributed by atoms with E-state index in [1.54, 1.807) is 12.5 Å². The van der Waals surface area contributed by atoms with Crippen LogP contribution in [0.1, 0.15) is 42.5 Å². The number of hydrogen-bond donors (Lipinski definition) is 2. The smallest absolute Gasteiger partial charge is 0.130 e. The molecule has 2 aromatic carbocycles. The maximum atomic E-state index is 6.63. The molecule has 0 bridgehead atoms. The Labute approximate surface area is 172 Å². The highest BCUT2D eigenvalue weighted by Gasteiger charge is 2.40. The number of fused-ring (bicyclic) bond motifs is 1. The molecule has 0 radical (unpaired) electrons. The second-order valence-corrected chi connectivity index (χ2v) is 7.99. The number of imidazole rings is 1. The van der Waals surface area contributed by atoms with Gasteiger partial charge in [-0.25, -0.2) is 4.98 Å². The third kappa shape index (κ3) is 3.35. The molecule has 152 valence electrons. The van der Waals surface area contributed by atoms with Crippen LogP contribution in [0.5, 0.6) is 5.75 Å². The van der Waals surface area contributed by atoms with Crippen LogP contribution in [0.15, 0.2) is 43.0 Å². The summed E-state index contributed by atoms with van der Waals surface area (Å²) in [6.07, 6.45) is 8.30. The summed E-state index contributed by atoms with van der Waals surface area (Å²) in [4.78, 5) is 4.10. The Bertz CT molecular complexity index is 1010. The highest BCUT2D eigenvalue weighted by molar-refractivity contribution is 5.67. The molecule has 29 heavy (non-hydrogen) atoms. The van der Waals surface area contributed by atoms with E-state index >= 15 is 0 Å². The SMILES string of the molecule is CCc1c(N)c(C)c(C)c2c1CC(CC)(CNc1ccc(-n3ccnc3)cc1)O2. The van der Waals surface area contributed by atoms with Gasteiger partial charge in [0.2, 0.25) is 0 Å². The van der Waals surface area contributed by atoms with Crippen LogP contribution in [0.2, 0.25) is 0 Å². The van der Waals surface area contributed by atoms with Crippen molar-refractivity contribution >= 4 is 11.4 Å². The van der Waals surface area contributed by atoms with Crippen molar-refractivity contribution in [1.29, 1.82) is 0 Å². The number of anilines is 2. The molecule has 1 unspecified atom stereocenters. The van der Waals surface area contributed by atoms with Crippen LogP contribution in [-0.2, 0) is 12.8 Å².